The van der Waals surface area contributed by atoms with E-state index in [1.165, 1.54) is 17.4 Å². The smallest absolute Gasteiger partial charge is 0.223 e. The summed E-state index contributed by atoms with van der Waals surface area (Å²) in [4.78, 5) is 14.5. The molecule has 1 amide bonds. The van der Waals surface area contributed by atoms with E-state index in [0.717, 1.165) is 24.4 Å². The van der Waals surface area contributed by atoms with Crippen LogP contribution < -0.4 is 0 Å². The van der Waals surface area contributed by atoms with Crippen LogP contribution in [-0.4, -0.2) is 34.1 Å². The molecular weight excluding hydrogens is 337 g/mol. The highest BCUT2D eigenvalue weighted by atomic mass is 32.1. The minimum absolute atomic E-state index is 0.00916. The maximum atomic E-state index is 13.9. The van der Waals surface area contributed by atoms with Gasteiger partial charge in [-0.3, -0.25) is 4.79 Å². The second-order valence-corrected chi connectivity index (χ2v) is 8.85. The zero-order chi connectivity index (χ0) is 18.0. The van der Waals surface area contributed by atoms with E-state index >= 15 is 0 Å². The fourth-order valence-electron chi connectivity index (χ4n) is 3.11. The van der Waals surface area contributed by atoms with Crippen molar-refractivity contribution in [3.63, 3.8) is 0 Å². The molecule has 0 N–H and O–H groups in total. The Hall–Kier alpha value is -1.82. The molecule has 1 aliphatic rings. The summed E-state index contributed by atoms with van der Waals surface area (Å²) < 4.78 is 13.9. The van der Waals surface area contributed by atoms with Crippen LogP contribution in [0.1, 0.15) is 51.0 Å². The van der Waals surface area contributed by atoms with Crippen molar-refractivity contribution < 1.29 is 9.18 Å². The normalized spacial score (nSPS) is 18.4. The topological polar surface area (TPSA) is 46.1 Å². The number of carbonyl (C=O) groups is 1. The molecule has 1 aliphatic heterocycles. The highest BCUT2D eigenvalue weighted by Crippen LogP contribution is 2.34. The minimum atomic E-state index is -0.282. The SMILES string of the molecule is CC(C)(C)CC(=O)N1CCCC(c2nnc(-c3ccccc3F)s2)C1. The lowest BCUT2D eigenvalue weighted by Gasteiger charge is -2.33. The third-order valence-corrected chi connectivity index (χ3v) is 5.47. The first-order valence-electron chi connectivity index (χ1n) is 8.69. The Morgan fingerprint density at radius 3 is 2.80 bits per heavy atom. The average Bonchev–Trinajstić information content (AvgIpc) is 3.03. The molecule has 1 unspecified atom stereocenters. The first kappa shape index (κ1) is 18.0. The number of hydrogen-bond acceptors (Lipinski definition) is 4. The Labute approximate surface area is 152 Å². The van der Waals surface area contributed by atoms with E-state index in [0.29, 0.717) is 23.5 Å². The first-order chi connectivity index (χ1) is 11.8. The minimum Gasteiger partial charge on any atom is -0.342 e. The standard InChI is InChI=1S/C19H24FN3OS/c1-19(2,3)11-16(24)23-10-6-7-13(12-23)17-21-22-18(25-17)14-8-4-5-9-15(14)20/h4-5,8-9,13H,6-7,10-12H2,1-3H3. The second-order valence-electron chi connectivity index (χ2n) is 7.84. The van der Waals surface area contributed by atoms with Crippen molar-refractivity contribution >= 4 is 17.2 Å². The molecule has 0 bridgehead atoms. The molecule has 4 nitrogen and oxygen atoms in total. The molecule has 1 atom stereocenters. The van der Waals surface area contributed by atoms with Gasteiger partial charge in [0.05, 0.1) is 0 Å². The van der Waals surface area contributed by atoms with E-state index in [-0.39, 0.29) is 23.1 Å². The van der Waals surface area contributed by atoms with Gasteiger partial charge in [-0.2, -0.15) is 0 Å². The Kier molecular flexibility index (Phi) is 5.18. The lowest BCUT2D eigenvalue weighted by molar-refractivity contribution is -0.134. The fourth-order valence-corrected chi connectivity index (χ4v) is 4.11. The number of benzene rings is 1. The summed E-state index contributed by atoms with van der Waals surface area (Å²) in [7, 11) is 0. The Bertz CT molecular complexity index is 753. The number of likely N-dealkylation sites (tertiary alicyclic amines) is 1. The van der Waals surface area contributed by atoms with Gasteiger partial charge >= 0.3 is 0 Å². The molecule has 0 radical (unpaired) electrons. The molecule has 1 fully saturated rings. The number of piperidine rings is 1. The van der Waals surface area contributed by atoms with E-state index in [9.17, 15) is 9.18 Å². The number of hydrogen-bond donors (Lipinski definition) is 0. The van der Waals surface area contributed by atoms with Crippen molar-refractivity contribution in [1.82, 2.24) is 15.1 Å². The molecule has 134 valence electrons. The van der Waals surface area contributed by atoms with E-state index < -0.39 is 0 Å². The maximum absolute atomic E-state index is 13.9. The van der Waals surface area contributed by atoms with Gasteiger partial charge in [-0.15, -0.1) is 10.2 Å². The summed E-state index contributed by atoms with van der Waals surface area (Å²) in [5.41, 5.74) is 0.479. The number of carbonyl (C=O) groups excluding carboxylic acids is 1. The molecule has 2 heterocycles. The van der Waals surface area contributed by atoms with Gasteiger partial charge < -0.3 is 4.90 Å². The molecule has 25 heavy (non-hydrogen) atoms. The van der Waals surface area contributed by atoms with Gasteiger partial charge in [0.1, 0.15) is 10.8 Å². The third-order valence-electron chi connectivity index (χ3n) is 4.35. The predicted octanol–water partition coefficient (Wildman–Crippen LogP) is 4.49. The van der Waals surface area contributed by atoms with Gasteiger partial charge in [0.2, 0.25) is 5.91 Å². The van der Waals surface area contributed by atoms with Gasteiger partial charge in [-0.05, 0) is 30.4 Å². The summed E-state index contributed by atoms with van der Waals surface area (Å²) in [5, 5.41) is 9.96. The van der Waals surface area contributed by atoms with Gasteiger partial charge in [-0.1, -0.05) is 44.2 Å². The summed E-state index contributed by atoms with van der Waals surface area (Å²) in [6.07, 6.45) is 2.51. The summed E-state index contributed by atoms with van der Waals surface area (Å²) in [6, 6.07) is 6.62. The number of rotatable bonds is 3. The number of halogens is 1. The van der Waals surface area contributed by atoms with Crippen LogP contribution in [0, 0.1) is 11.2 Å². The summed E-state index contributed by atoms with van der Waals surface area (Å²) in [6.45, 7) is 7.73. The highest BCUT2D eigenvalue weighted by molar-refractivity contribution is 7.14. The Morgan fingerprint density at radius 2 is 2.08 bits per heavy atom. The lowest BCUT2D eigenvalue weighted by atomic mass is 9.90. The zero-order valence-corrected chi connectivity index (χ0v) is 15.8. The largest absolute Gasteiger partial charge is 0.342 e. The first-order valence-corrected chi connectivity index (χ1v) is 9.51. The van der Waals surface area contributed by atoms with Crippen molar-refractivity contribution in [3.8, 4) is 10.6 Å². The van der Waals surface area contributed by atoms with Crippen LogP contribution in [0.4, 0.5) is 4.39 Å². The van der Waals surface area contributed by atoms with Gasteiger partial charge in [0.25, 0.3) is 0 Å². The molecule has 2 aromatic rings. The van der Waals surface area contributed by atoms with E-state index in [1.54, 1.807) is 18.2 Å². The van der Waals surface area contributed by atoms with Crippen LogP contribution in [0.25, 0.3) is 10.6 Å². The molecule has 0 spiro atoms. The quantitative estimate of drug-likeness (QED) is 0.809. The van der Waals surface area contributed by atoms with E-state index in [4.69, 9.17) is 0 Å². The summed E-state index contributed by atoms with van der Waals surface area (Å²) >= 11 is 1.43. The molecule has 3 rings (SSSR count). The van der Waals surface area contributed by atoms with Crippen molar-refractivity contribution in [3.05, 3.63) is 35.1 Å². The molecule has 0 saturated carbocycles. The number of aromatic nitrogens is 2. The van der Waals surface area contributed by atoms with Crippen molar-refractivity contribution in [2.24, 2.45) is 5.41 Å². The molecule has 1 saturated heterocycles. The summed E-state index contributed by atoms with van der Waals surface area (Å²) in [5.74, 6) is 0.113. The van der Waals surface area contributed by atoms with Crippen molar-refractivity contribution in [2.75, 3.05) is 13.1 Å². The van der Waals surface area contributed by atoms with Crippen LogP contribution in [0.5, 0.6) is 0 Å². The highest BCUT2D eigenvalue weighted by Gasteiger charge is 2.29. The predicted molar refractivity (Wildman–Crippen MR) is 97.9 cm³/mol. The third kappa shape index (κ3) is 4.42. The van der Waals surface area contributed by atoms with Crippen LogP contribution in [0.2, 0.25) is 0 Å². The maximum Gasteiger partial charge on any atom is 0.223 e. The van der Waals surface area contributed by atoms with Gasteiger partial charge in [0, 0.05) is 31.0 Å². The van der Waals surface area contributed by atoms with Crippen LogP contribution in [-0.2, 0) is 4.79 Å². The van der Waals surface area contributed by atoms with Crippen molar-refractivity contribution in [1.29, 1.82) is 0 Å². The zero-order valence-electron chi connectivity index (χ0n) is 15.0. The average molecular weight is 361 g/mol. The molecule has 0 aliphatic carbocycles. The Balaban J connectivity index is 1.72. The van der Waals surface area contributed by atoms with Crippen LogP contribution in [0.15, 0.2) is 24.3 Å². The number of amides is 1. The molecule has 6 heteroatoms. The van der Waals surface area contributed by atoms with Crippen molar-refractivity contribution in [2.45, 2.75) is 46.0 Å². The van der Waals surface area contributed by atoms with Crippen LogP contribution in [0.3, 0.4) is 0 Å². The van der Waals surface area contributed by atoms with E-state index in [1.807, 2.05) is 4.90 Å². The second kappa shape index (κ2) is 7.20. The lowest BCUT2D eigenvalue weighted by Crippen LogP contribution is -2.40. The fraction of sp³-hybridized carbons (Fsp3) is 0.526. The Morgan fingerprint density at radius 1 is 1.32 bits per heavy atom. The van der Waals surface area contributed by atoms with Crippen LogP contribution >= 0.6 is 11.3 Å². The monoisotopic (exact) mass is 361 g/mol. The molecule has 1 aromatic heterocycles. The molecular formula is C19H24FN3OS. The number of nitrogens with zero attached hydrogens (tertiary/aromatic N) is 3. The van der Waals surface area contributed by atoms with Gasteiger partial charge in [0.15, 0.2) is 5.01 Å². The van der Waals surface area contributed by atoms with Gasteiger partial charge in [-0.25, -0.2) is 4.39 Å². The van der Waals surface area contributed by atoms with E-state index in [2.05, 4.69) is 31.0 Å². The molecule has 1 aromatic carbocycles.